The van der Waals surface area contributed by atoms with E-state index in [9.17, 15) is 0 Å². The Morgan fingerprint density at radius 2 is 1.75 bits per heavy atom. The summed E-state index contributed by atoms with van der Waals surface area (Å²) in [6, 6.07) is 0. The quantitative estimate of drug-likeness (QED) is 0.317. The summed E-state index contributed by atoms with van der Waals surface area (Å²) in [5, 5.41) is 0. The fraction of sp³-hybridized carbons (Fsp3) is 0. The molecule has 0 radical (unpaired) electrons. The second-order valence-electron chi connectivity index (χ2n) is 0.0816. The zero-order valence-corrected chi connectivity index (χ0v) is 7.58. The smallest absolute Gasteiger partial charge is 0.0397 e. The van der Waals surface area contributed by atoms with Gasteiger partial charge in [-0.15, -0.1) is 12.2 Å². The van der Waals surface area contributed by atoms with Gasteiger partial charge in [0.05, 0.1) is 0 Å². The second kappa shape index (κ2) is 8.82. The van der Waals surface area contributed by atoms with Crippen LogP contribution >= 0.6 is 18.8 Å². The molecule has 0 aliphatic carbocycles. The molecule has 0 saturated carbocycles. The van der Waals surface area contributed by atoms with E-state index in [-0.39, 0.29) is 19.5 Å². The van der Waals surface area contributed by atoms with Crippen LogP contribution in [-0.4, -0.2) is 0 Å². The van der Waals surface area contributed by atoms with Gasteiger partial charge in [-0.2, -0.15) is 0 Å². The van der Waals surface area contributed by atoms with E-state index in [1.165, 1.54) is 0 Å². The summed E-state index contributed by atoms with van der Waals surface area (Å²) in [6.45, 7) is 0.694. The van der Waals surface area contributed by atoms with Crippen LogP contribution in [0.3, 0.4) is 0 Å². The molecule has 0 aromatic rings. The molecule has 0 atom stereocenters. The van der Waals surface area contributed by atoms with Crippen molar-refractivity contribution in [2.45, 2.75) is 0 Å². The molecule has 0 amide bonds. The van der Waals surface area contributed by atoms with E-state index in [2.05, 4.69) is 24.1 Å². The van der Waals surface area contributed by atoms with Gasteiger partial charge in [0.25, 0.3) is 0 Å². The molecule has 0 rings (SSSR count). The van der Waals surface area contributed by atoms with Gasteiger partial charge in [0.2, 0.25) is 0 Å². The Morgan fingerprint density at radius 3 is 1.75 bits per heavy atom. The van der Waals surface area contributed by atoms with Crippen LogP contribution in [-0.2, 0) is 31.3 Å². The molecule has 0 aromatic heterocycles. The van der Waals surface area contributed by atoms with E-state index in [4.69, 9.17) is 0 Å². The Balaban J connectivity index is 0. The van der Waals surface area contributed by atoms with Crippen molar-refractivity contribution >= 4 is 30.6 Å². The fourth-order valence-corrected chi connectivity index (χ4v) is 0. The molecule has 0 bridgehead atoms. The van der Waals surface area contributed by atoms with Crippen molar-refractivity contribution in [2.75, 3.05) is 0 Å². The van der Waals surface area contributed by atoms with Crippen LogP contribution in [0, 0.1) is 0 Å². The second-order valence-corrected chi connectivity index (χ2v) is 2.20. The first-order chi connectivity index (χ1) is 1.41. The Morgan fingerprint density at radius 1 is 1.75 bits per heavy atom. The zero-order chi connectivity index (χ0) is 2.71. The summed E-state index contributed by atoms with van der Waals surface area (Å²) in [4.78, 5) is 0. The van der Waals surface area contributed by atoms with Crippen LogP contribution in [0.15, 0.2) is 0 Å². The van der Waals surface area contributed by atoms with Crippen LogP contribution in [0.2, 0.25) is 0 Å². The predicted molar refractivity (Wildman–Crippen MR) is 23.3 cm³/mol. The third kappa shape index (κ3) is 9.74. The van der Waals surface area contributed by atoms with Crippen LogP contribution in [0.4, 0.5) is 0 Å². The molecule has 0 aromatic carbocycles. The maximum absolute atomic E-state index is 4.23. The van der Waals surface area contributed by atoms with Crippen molar-refractivity contribution in [1.29, 1.82) is 0 Å². The zero-order valence-electron chi connectivity index (χ0n) is 2.01. The third-order valence-corrected chi connectivity index (χ3v) is 0. The third-order valence-electron chi connectivity index (χ3n) is 0. The molecular weight excluding hydrogens is 160 g/mol. The average Bonchev–Trinajstić information content (AvgIpc) is 0.918. The molecule has 0 aliphatic rings. The van der Waals surface area contributed by atoms with E-state index >= 15 is 0 Å². The summed E-state index contributed by atoms with van der Waals surface area (Å²) in [7, 11) is 0. The maximum atomic E-state index is 4.23. The van der Waals surface area contributed by atoms with Gasteiger partial charge in [-0.3, -0.25) is 0 Å². The summed E-state index contributed by atoms with van der Waals surface area (Å²) in [5.41, 5.74) is 0. The van der Waals surface area contributed by atoms with E-state index in [1.54, 1.807) is 0 Å². The number of thiol groups is 1. The summed E-state index contributed by atoms with van der Waals surface area (Å²) < 4.78 is 0. The molecule has 0 spiro atoms. The average molecular weight is 162 g/mol. The van der Waals surface area contributed by atoms with Crippen LogP contribution in [0.5, 0.6) is 0 Å². The van der Waals surface area contributed by atoms with Gasteiger partial charge in [0.15, 0.2) is 0 Å². The largest absolute Gasteiger partial charge is 0.108 e. The molecular formula is HPS2Zn. The first-order valence-electron chi connectivity index (χ1n) is 0.383. The van der Waals surface area contributed by atoms with Gasteiger partial charge in [0.1, 0.15) is 0 Å². The van der Waals surface area contributed by atoms with Crippen molar-refractivity contribution in [3.8, 4) is 0 Å². The van der Waals surface area contributed by atoms with E-state index in [0.29, 0.717) is 6.56 Å². The Bertz CT molecular complexity index is 13.5. The molecule has 0 unspecified atom stereocenters. The normalized spacial score (nSPS) is 5.25. The van der Waals surface area contributed by atoms with Crippen molar-refractivity contribution in [3.63, 3.8) is 0 Å². The van der Waals surface area contributed by atoms with Crippen molar-refractivity contribution in [1.82, 2.24) is 0 Å². The number of hydrogen-bond acceptors (Lipinski definition) is 1. The number of rotatable bonds is 0. The molecule has 0 fully saturated rings. The van der Waals surface area contributed by atoms with Gasteiger partial charge in [-0.05, 0) is 11.8 Å². The minimum atomic E-state index is 0. The number of hydrogen-bond donors (Lipinski definition) is 1. The molecule has 0 heterocycles. The van der Waals surface area contributed by atoms with Gasteiger partial charge in [-0.25, -0.2) is 0 Å². The minimum Gasteiger partial charge on any atom is -0.108 e. The Kier molecular flexibility index (Phi) is 20.0. The maximum Gasteiger partial charge on any atom is 0.0397 e. The summed E-state index contributed by atoms with van der Waals surface area (Å²) in [5.74, 6) is 0. The molecule has 4 heavy (non-hydrogen) atoms. The van der Waals surface area contributed by atoms with Crippen molar-refractivity contribution in [2.24, 2.45) is 0 Å². The molecule has 4 heteroatoms. The fourth-order valence-electron chi connectivity index (χ4n) is 0. The molecule has 0 saturated heterocycles. The topological polar surface area (TPSA) is 0 Å². The molecule has 20 valence electrons. The Labute approximate surface area is 50.1 Å². The molecule has 0 N–H and O–H groups in total. The van der Waals surface area contributed by atoms with Crippen molar-refractivity contribution < 1.29 is 19.5 Å². The summed E-state index contributed by atoms with van der Waals surface area (Å²) >= 11 is 7.81. The van der Waals surface area contributed by atoms with E-state index < -0.39 is 0 Å². The monoisotopic (exact) mass is 160 g/mol. The molecule has 0 aliphatic heterocycles. The van der Waals surface area contributed by atoms with Crippen molar-refractivity contribution in [3.05, 3.63) is 0 Å². The first kappa shape index (κ1) is 9.09. The SMILES string of the molecule is S=PS.[Zn]. The van der Waals surface area contributed by atoms with Crippen LogP contribution in [0.1, 0.15) is 0 Å². The van der Waals surface area contributed by atoms with Crippen LogP contribution < -0.4 is 0 Å². The molecule has 0 nitrogen and oxygen atoms in total. The first-order valence-corrected chi connectivity index (χ1v) is 3.44. The minimum absolute atomic E-state index is 0. The van der Waals surface area contributed by atoms with Crippen LogP contribution in [0.25, 0.3) is 0 Å². The van der Waals surface area contributed by atoms with Gasteiger partial charge in [-0.1, -0.05) is 0 Å². The summed E-state index contributed by atoms with van der Waals surface area (Å²) in [6.07, 6.45) is 0. The predicted octanol–water partition coefficient (Wildman–Crippen LogP) is 1.24. The standard InChI is InChI=1S/HPS2.Zn/c2-1-3;/h(H,2,3);. The van der Waals surface area contributed by atoms with Gasteiger partial charge in [0, 0.05) is 26.0 Å². The van der Waals surface area contributed by atoms with Gasteiger partial charge >= 0.3 is 0 Å². The van der Waals surface area contributed by atoms with Gasteiger partial charge < -0.3 is 0 Å². The van der Waals surface area contributed by atoms with E-state index in [0.717, 1.165) is 0 Å². The Hall–Kier alpha value is 1.49. The van der Waals surface area contributed by atoms with E-state index in [1.807, 2.05) is 0 Å².